The van der Waals surface area contributed by atoms with Crippen LogP contribution < -0.4 is 0 Å². The van der Waals surface area contributed by atoms with Gasteiger partial charge in [0, 0.05) is 5.56 Å². The van der Waals surface area contributed by atoms with Crippen LogP contribution in [-0.4, -0.2) is 56.3 Å². The van der Waals surface area contributed by atoms with Gasteiger partial charge in [-0.15, -0.1) is 0 Å². The zero-order valence-corrected chi connectivity index (χ0v) is 31.8. The Hall–Kier alpha value is -0.860. The van der Waals surface area contributed by atoms with Gasteiger partial charge in [0.1, 0.15) is 6.54 Å². The Morgan fingerprint density at radius 1 is 0.364 bits per heavy atom. The van der Waals surface area contributed by atoms with Gasteiger partial charge in [-0.1, -0.05) is 161 Å². The third kappa shape index (κ3) is 28.6. The number of rotatable bonds is 30. The molecule has 2 nitrogen and oxygen atoms in total. The predicted molar refractivity (Wildman–Crippen MR) is 201 cm³/mol. The van der Waals surface area contributed by atoms with E-state index in [1.165, 1.54) is 190 Å². The zero-order chi connectivity index (χ0) is 32.6. The average Bonchev–Trinajstić information content (AvgIpc) is 3.00. The molecule has 0 saturated heterocycles. The monoisotopic (exact) mass is 617 g/mol. The Morgan fingerprint density at radius 3 is 0.909 bits per heavy atom. The Labute approximate surface area is 280 Å². The molecular weight excluding hydrogens is 532 g/mol. The Morgan fingerprint density at radius 2 is 0.636 bits per heavy atom. The first-order valence-electron chi connectivity index (χ1n) is 20.0. The number of hydrogen-bond donors (Lipinski definition) is 0. The lowest BCUT2D eigenvalue weighted by atomic mass is 10.0. The van der Waals surface area contributed by atoms with Gasteiger partial charge >= 0.3 is 0 Å². The summed E-state index contributed by atoms with van der Waals surface area (Å²) in [6, 6.07) is 10.6. The second kappa shape index (κ2) is 30.8. The fourth-order valence-electron chi connectivity index (χ4n) is 6.71. The maximum absolute atomic E-state index is 2.34. The first-order chi connectivity index (χ1) is 21.3. The van der Waals surface area contributed by atoms with E-state index in [1.54, 1.807) is 0 Å². The van der Waals surface area contributed by atoms with Crippen molar-refractivity contribution >= 4 is 0 Å². The molecule has 0 aliphatic carbocycles. The molecule has 0 atom stereocenters. The number of quaternary nitrogens is 2. The molecule has 1 aromatic carbocycles. The highest BCUT2D eigenvalue weighted by Gasteiger charge is 2.25. The van der Waals surface area contributed by atoms with Crippen molar-refractivity contribution in [1.29, 1.82) is 0 Å². The fourth-order valence-corrected chi connectivity index (χ4v) is 6.71. The molecule has 0 bridgehead atoms. The van der Waals surface area contributed by atoms with E-state index in [4.69, 9.17) is 0 Å². The van der Waals surface area contributed by atoms with Crippen LogP contribution in [0.1, 0.15) is 187 Å². The van der Waals surface area contributed by atoms with E-state index in [2.05, 4.69) is 79.2 Å². The first kappa shape index (κ1) is 43.1. The van der Waals surface area contributed by atoms with Crippen LogP contribution in [0.2, 0.25) is 0 Å². The molecule has 2 heteroatoms. The highest BCUT2D eigenvalue weighted by atomic mass is 15.3. The predicted octanol–water partition coefficient (Wildman–Crippen LogP) is 13.1. The molecule has 0 unspecified atom stereocenters. The van der Waals surface area contributed by atoms with Gasteiger partial charge in [0.2, 0.25) is 0 Å². The van der Waals surface area contributed by atoms with Gasteiger partial charge in [-0.3, -0.25) is 0 Å². The summed E-state index contributed by atoms with van der Waals surface area (Å²) in [7, 11) is 6.60. The van der Waals surface area contributed by atoms with Crippen LogP contribution in [0.5, 0.6) is 0 Å². The largest absolute Gasteiger partial charge is 0.327 e. The van der Waals surface area contributed by atoms with Gasteiger partial charge in [-0.25, -0.2) is 0 Å². The van der Waals surface area contributed by atoms with E-state index in [-0.39, 0.29) is 0 Å². The lowest BCUT2D eigenvalue weighted by Gasteiger charge is -2.40. The summed E-state index contributed by atoms with van der Waals surface area (Å²) in [5, 5.41) is 0. The molecular formula is C42H84N2+2. The quantitative estimate of drug-likeness (QED) is 0.0596. The Bertz CT molecular complexity index is 607. The summed E-state index contributed by atoms with van der Waals surface area (Å²) >= 11 is 0. The summed E-state index contributed by atoms with van der Waals surface area (Å²) in [4.78, 5) is 0. The molecule has 1 rings (SSSR count). The van der Waals surface area contributed by atoms with Crippen LogP contribution in [0.3, 0.4) is 0 Å². The van der Waals surface area contributed by atoms with Gasteiger partial charge in [0.25, 0.3) is 0 Å². The van der Waals surface area contributed by atoms with Crippen molar-refractivity contribution in [3.63, 3.8) is 0 Å². The van der Waals surface area contributed by atoms with Gasteiger partial charge in [-0.2, -0.15) is 0 Å². The van der Waals surface area contributed by atoms with E-state index in [0.717, 1.165) is 11.0 Å². The van der Waals surface area contributed by atoms with Crippen molar-refractivity contribution < 1.29 is 8.97 Å². The Balaban J connectivity index is 0.00000139. The number of unbranched alkanes of at least 4 members (excludes halogenated alkanes) is 20. The van der Waals surface area contributed by atoms with Crippen molar-refractivity contribution in [2.24, 2.45) is 0 Å². The van der Waals surface area contributed by atoms with Gasteiger partial charge in [0.15, 0.2) is 0 Å². The van der Waals surface area contributed by atoms with Crippen molar-refractivity contribution in [3.05, 3.63) is 35.9 Å². The molecule has 0 heterocycles. The maximum Gasteiger partial charge on any atom is 0.104 e. The number of nitrogens with zero attached hydrogens (tertiary/aromatic N) is 2. The topological polar surface area (TPSA) is 0 Å². The second-order valence-corrected chi connectivity index (χ2v) is 15.2. The van der Waals surface area contributed by atoms with Crippen molar-refractivity contribution in [3.8, 4) is 0 Å². The fraction of sp³-hybridized carbons (Fsp3) is 0.857. The summed E-state index contributed by atoms with van der Waals surface area (Å²) < 4.78 is 2.47. The molecule has 0 fully saturated rings. The zero-order valence-electron chi connectivity index (χ0n) is 31.8. The summed E-state index contributed by atoms with van der Waals surface area (Å²) in [5.41, 5.74) is 1.40. The third-order valence-corrected chi connectivity index (χ3v) is 9.44. The van der Waals surface area contributed by atoms with Crippen LogP contribution in [0.15, 0.2) is 30.3 Å². The minimum Gasteiger partial charge on any atom is -0.327 e. The van der Waals surface area contributed by atoms with Crippen LogP contribution >= 0.6 is 0 Å². The standard InChI is InChI=1S/C32H68N.C10H16N/c1-5-9-13-17-21-25-29-33(30-26-22-18-14-10-6-2,31-27-23-19-15-11-7-3)32-28-24-20-16-12-8-4;1-11(2,3)9-10-7-5-4-6-8-10/h5-32H2,1-4H3;4-8H,9H2,1-3H3/q2*+1. The Kier molecular flexibility index (Phi) is 30.2. The van der Waals surface area contributed by atoms with Gasteiger partial charge in [0.05, 0.1) is 47.3 Å². The minimum absolute atomic E-state index is 0.990. The lowest BCUT2D eigenvalue weighted by molar-refractivity contribution is -0.929. The number of hydrogen-bond acceptors (Lipinski definition) is 0. The van der Waals surface area contributed by atoms with E-state index in [9.17, 15) is 0 Å². The molecule has 0 radical (unpaired) electrons. The molecule has 260 valence electrons. The molecule has 0 aromatic heterocycles. The highest BCUT2D eigenvalue weighted by Crippen LogP contribution is 2.21. The van der Waals surface area contributed by atoms with Crippen LogP contribution in [0.4, 0.5) is 0 Å². The molecule has 0 aliphatic rings. The van der Waals surface area contributed by atoms with Gasteiger partial charge < -0.3 is 8.97 Å². The highest BCUT2D eigenvalue weighted by molar-refractivity contribution is 5.13. The summed E-state index contributed by atoms with van der Waals surface area (Å²) in [6.45, 7) is 16.4. The molecule has 0 N–H and O–H groups in total. The number of benzene rings is 1. The van der Waals surface area contributed by atoms with Crippen LogP contribution in [-0.2, 0) is 6.54 Å². The van der Waals surface area contributed by atoms with E-state index >= 15 is 0 Å². The molecule has 0 saturated carbocycles. The molecule has 0 spiro atoms. The van der Waals surface area contributed by atoms with Crippen molar-refractivity contribution in [2.75, 3.05) is 47.3 Å². The molecule has 0 aliphatic heterocycles. The summed E-state index contributed by atoms with van der Waals surface area (Å²) in [5.74, 6) is 0. The van der Waals surface area contributed by atoms with Crippen molar-refractivity contribution in [1.82, 2.24) is 0 Å². The molecule has 1 aromatic rings. The molecule has 44 heavy (non-hydrogen) atoms. The van der Waals surface area contributed by atoms with Crippen LogP contribution in [0.25, 0.3) is 0 Å². The van der Waals surface area contributed by atoms with Crippen molar-refractivity contribution in [2.45, 2.75) is 188 Å². The molecule has 0 amide bonds. The third-order valence-electron chi connectivity index (χ3n) is 9.44. The average molecular weight is 617 g/mol. The smallest absolute Gasteiger partial charge is 0.104 e. The SMILES string of the molecule is CCCCCCCC[N+](CCCCCCCC)(CCCCCCCC)CCCCCCCC.C[N+](C)(C)Cc1ccccc1. The lowest BCUT2D eigenvalue weighted by Crippen LogP contribution is -2.50. The summed E-state index contributed by atoms with van der Waals surface area (Å²) in [6.07, 6.45) is 34.8. The van der Waals surface area contributed by atoms with E-state index in [1.807, 2.05) is 0 Å². The van der Waals surface area contributed by atoms with Gasteiger partial charge in [-0.05, 0) is 51.4 Å². The normalized spacial score (nSPS) is 11.9. The second-order valence-electron chi connectivity index (χ2n) is 15.2. The first-order valence-corrected chi connectivity index (χ1v) is 20.0. The van der Waals surface area contributed by atoms with Crippen LogP contribution in [0, 0.1) is 0 Å². The van der Waals surface area contributed by atoms with E-state index < -0.39 is 0 Å². The van der Waals surface area contributed by atoms with E-state index in [0.29, 0.717) is 0 Å². The maximum atomic E-state index is 2.34. The minimum atomic E-state index is 0.990.